The summed E-state index contributed by atoms with van der Waals surface area (Å²) in [7, 11) is 0. The standard InChI is InChI=1S/C25H31F3N8O3/c1-3-13(2)33-24(39)16-8-17(21(38)20(16)37)36-12-32-19-22(30-11-31-23(19)36)34-15-6-7-35(10-15)18-5-4-14(9-29-18)25(26,27)28/h4-5,9,11-13,15-17,20-21,37-38H,3,6-8,10H2,1-2H3,(H,33,39)(H,30,31,34)/t13-,15+,16?,17?,20?,21?/m1/s1. The van der Waals surface area contributed by atoms with Gasteiger partial charge in [-0.1, -0.05) is 6.92 Å². The number of rotatable bonds is 7. The number of anilines is 2. The smallest absolute Gasteiger partial charge is 0.390 e. The van der Waals surface area contributed by atoms with E-state index >= 15 is 0 Å². The van der Waals surface area contributed by atoms with Gasteiger partial charge in [0.2, 0.25) is 5.91 Å². The van der Waals surface area contributed by atoms with Crippen molar-refractivity contribution in [3.63, 3.8) is 0 Å². The van der Waals surface area contributed by atoms with Crippen molar-refractivity contribution in [2.24, 2.45) is 5.92 Å². The van der Waals surface area contributed by atoms with Crippen LogP contribution in [0.4, 0.5) is 24.8 Å². The summed E-state index contributed by atoms with van der Waals surface area (Å²) in [4.78, 5) is 31.7. The van der Waals surface area contributed by atoms with Gasteiger partial charge in [-0.15, -0.1) is 0 Å². The maximum absolute atomic E-state index is 12.9. The van der Waals surface area contributed by atoms with Crippen LogP contribution >= 0.6 is 0 Å². The average molecular weight is 549 g/mol. The molecule has 2 aliphatic rings. The van der Waals surface area contributed by atoms with Gasteiger partial charge in [0.25, 0.3) is 0 Å². The molecule has 2 fully saturated rings. The van der Waals surface area contributed by atoms with E-state index in [1.807, 2.05) is 18.7 Å². The number of nitrogens with one attached hydrogen (secondary N) is 2. The molecule has 5 rings (SSSR count). The number of aliphatic hydroxyl groups is 2. The number of alkyl halides is 3. The molecule has 0 aromatic carbocycles. The number of imidazole rings is 1. The van der Waals surface area contributed by atoms with Gasteiger partial charge in [-0.05, 0) is 38.3 Å². The van der Waals surface area contributed by atoms with Gasteiger partial charge in [0, 0.05) is 31.4 Å². The molecule has 3 aromatic heterocycles. The second-order valence-electron chi connectivity index (χ2n) is 10.2. The minimum Gasteiger partial charge on any atom is -0.390 e. The summed E-state index contributed by atoms with van der Waals surface area (Å²) >= 11 is 0. The molecule has 0 radical (unpaired) electrons. The van der Waals surface area contributed by atoms with Gasteiger partial charge in [-0.3, -0.25) is 4.79 Å². The van der Waals surface area contributed by atoms with Crippen molar-refractivity contribution in [1.29, 1.82) is 0 Å². The first-order valence-corrected chi connectivity index (χ1v) is 13.0. The van der Waals surface area contributed by atoms with Crippen LogP contribution in [0.1, 0.15) is 44.7 Å². The highest BCUT2D eigenvalue weighted by molar-refractivity contribution is 5.83. The van der Waals surface area contributed by atoms with Crippen molar-refractivity contribution < 1.29 is 28.2 Å². The zero-order valence-electron chi connectivity index (χ0n) is 21.5. The molecule has 1 saturated carbocycles. The lowest BCUT2D eigenvalue weighted by Crippen LogP contribution is -2.41. The predicted octanol–water partition coefficient (Wildman–Crippen LogP) is 2.13. The van der Waals surface area contributed by atoms with E-state index < -0.39 is 35.9 Å². The lowest BCUT2D eigenvalue weighted by atomic mass is 10.0. The second kappa shape index (κ2) is 10.6. The predicted molar refractivity (Wildman–Crippen MR) is 136 cm³/mol. The van der Waals surface area contributed by atoms with Crippen LogP contribution in [-0.2, 0) is 11.0 Å². The quantitative estimate of drug-likeness (QED) is 0.349. The highest BCUT2D eigenvalue weighted by Crippen LogP contribution is 2.38. The fraction of sp³-hybridized carbons (Fsp3) is 0.560. The molecule has 1 amide bonds. The summed E-state index contributed by atoms with van der Waals surface area (Å²) in [6, 6.07) is 1.68. The number of aromatic nitrogens is 5. The van der Waals surface area contributed by atoms with E-state index in [0.717, 1.165) is 18.7 Å². The normalized spacial score (nSPS) is 26.2. The van der Waals surface area contributed by atoms with Crippen LogP contribution in [0.25, 0.3) is 11.2 Å². The molecule has 3 aromatic rings. The molecule has 11 nitrogen and oxygen atoms in total. The third-order valence-corrected chi connectivity index (χ3v) is 7.63. The molecule has 39 heavy (non-hydrogen) atoms. The van der Waals surface area contributed by atoms with Gasteiger partial charge >= 0.3 is 6.18 Å². The number of hydrogen-bond donors (Lipinski definition) is 4. The van der Waals surface area contributed by atoms with Crippen molar-refractivity contribution in [1.82, 2.24) is 29.8 Å². The van der Waals surface area contributed by atoms with Gasteiger partial charge in [0.15, 0.2) is 11.5 Å². The van der Waals surface area contributed by atoms with Gasteiger partial charge in [0.05, 0.1) is 30.0 Å². The monoisotopic (exact) mass is 548 g/mol. The van der Waals surface area contributed by atoms with Crippen LogP contribution in [0.2, 0.25) is 0 Å². The number of carbonyl (C=O) groups is 1. The molecule has 0 bridgehead atoms. The summed E-state index contributed by atoms with van der Waals surface area (Å²) in [6.45, 7) is 4.94. The first-order valence-electron chi connectivity index (χ1n) is 13.0. The summed E-state index contributed by atoms with van der Waals surface area (Å²) in [5.41, 5.74) is 0.130. The maximum Gasteiger partial charge on any atom is 0.417 e. The summed E-state index contributed by atoms with van der Waals surface area (Å²) in [5.74, 6) is -0.123. The number of aliphatic hydroxyl groups excluding tert-OH is 2. The zero-order valence-corrected chi connectivity index (χ0v) is 21.5. The van der Waals surface area contributed by atoms with Gasteiger partial charge in [-0.25, -0.2) is 19.9 Å². The van der Waals surface area contributed by atoms with Gasteiger partial charge in [0.1, 0.15) is 23.8 Å². The Morgan fingerprint density at radius 1 is 1.18 bits per heavy atom. The fourth-order valence-corrected chi connectivity index (χ4v) is 5.22. The topological polar surface area (TPSA) is 141 Å². The Labute approximate surface area is 222 Å². The zero-order chi connectivity index (χ0) is 27.9. The van der Waals surface area contributed by atoms with Crippen molar-refractivity contribution in [3.05, 3.63) is 36.5 Å². The highest BCUT2D eigenvalue weighted by atomic mass is 19.4. The van der Waals surface area contributed by atoms with Gasteiger partial charge < -0.3 is 30.3 Å². The Morgan fingerprint density at radius 3 is 2.67 bits per heavy atom. The molecule has 1 aliphatic heterocycles. The van der Waals surface area contributed by atoms with Crippen LogP contribution in [0.5, 0.6) is 0 Å². The molecule has 4 heterocycles. The third-order valence-electron chi connectivity index (χ3n) is 7.63. The van der Waals surface area contributed by atoms with Crippen LogP contribution in [0, 0.1) is 5.92 Å². The van der Waals surface area contributed by atoms with E-state index in [-0.39, 0.29) is 24.4 Å². The maximum atomic E-state index is 12.9. The number of hydrogen-bond acceptors (Lipinski definition) is 9. The van der Waals surface area contributed by atoms with E-state index in [1.54, 1.807) is 4.57 Å². The first kappa shape index (κ1) is 27.1. The van der Waals surface area contributed by atoms with Crippen molar-refractivity contribution in [3.8, 4) is 0 Å². The second-order valence-corrected chi connectivity index (χ2v) is 10.2. The Bertz CT molecular complexity index is 1320. The number of amides is 1. The number of carbonyl (C=O) groups excluding carboxylic acids is 1. The van der Waals surface area contributed by atoms with E-state index in [9.17, 15) is 28.2 Å². The molecule has 0 spiro atoms. The molecular weight excluding hydrogens is 517 g/mol. The average Bonchev–Trinajstić information content (AvgIpc) is 3.62. The number of fused-ring (bicyclic) bond motifs is 1. The third kappa shape index (κ3) is 5.35. The summed E-state index contributed by atoms with van der Waals surface area (Å²) in [6.07, 6.45) is -1.43. The molecule has 4 N–H and O–H groups in total. The largest absolute Gasteiger partial charge is 0.417 e. The molecule has 1 aliphatic carbocycles. The van der Waals surface area contributed by atoms with Crippen LogP contribution in [0.3, 0.4) is 0 Å². The number of halogens is 3. The molecule has 4 unspecified atom stereocenters. The van der Waals surface area contributed by atoms with E-state index in [2.05, 4.69) is 30.6 Å². The van der Waals surface area contributed by atoms with E-state index in [1.165, 1.54) is 18.7 Å². The van der Waals surface area contributed by atoms with Crippen LogP contribution < -0.4 is 15.5 Å². The van der Waals surface area contributed by atoms with Crippen LogP contribution in [-0.4, -0.2) is 78.0 Å². The van der Waals surface area contributed by atoms with E-state index in [4.69, 9.17) is 0 Å². The molecule has 6 atom stereocenters. The minimum atomic E-state index is -4.43. The minimum absolute atomic E-state index is 0.0436. The SMILES string of the molecule is CC[C@@H](C)NC(=O)C1CC(n2cnc3c(N[C@H]4CCN(c5ccc(C(F)(F)F)cn5)C4)ncnc32)C(O)C1O. The van der Waals surface area contributed by atoms with Crippen molar-refractivity contribution >= 4 is 28.7 Å². The highest BCUT2D eigenvalue weighted by Gasteiger charge is 2.46. The number of pyridine rings is 1. The molecule has 14 heteroatoms. The Morgan fingerprint density at radius 2 is 1.97 bits per heavy atom. The molecular formula is C25H31F3N8O3. The Kier molecular flexibility index (Phi) is 7.33. The number of nitrogens with zero attached hydrogens (tertiary/aromatic N) is 6. The van der Waals surface area contributed by atoms with Crippen LogP contribution in [0.15, 0.2) is 31.0 Å². The lowest BCUT2D eigenvalue weighted by Gasteiger charge is -2.19. The Balaban J connectivity index is 1.29. The fourth-order valence-electron chi connectivity index (χ4n) is 5.22. The van der Waals surface area contributed by atoms with Gasteiger partial charge in [-0.2, -0.15) is 13.2 Å². The van der Waals surface area contributed by atoms with Crippen molar-refractivity contribution in [2.75, 3.05) is 23.3 Å². The van der Waals surface area contributed by atoms with Crippen molar-refractivity contribution in [2.45, 2.75) is 69.6 Å². The lowest BCUT2D eigenvalue weighted by molar-refractivity contribution is -0.137. The molecule has 1 saturated heterocycles. The van der Waals surface area contributed by atoms with E-state index in [0.29, 0.717) is 42.3 Å². The summed E-state index contributed by atoms with van der Waals surface area (Å²) in [5, 5.41) is 27.6. The Hall–Kier alpha value is -3.52. The summed E-state index contributed by atoms with van der Waals surface area (Å²) < 4.78 is 40.2. The molecule has 210 valence electrons. The first-order chi connectivity index (χ1) is 18.6.